The van der Waals surface area contributed by atoms with Gasteiger partial charge in [-0.2, -0.15) is 0 Å². The molecule has 1 aromatic rings. The number of nitrogens with one attached hydrogen (secondary N) is 1. The highest BCUT2D eigenvalue weighted by molar-refractivity contribution is 9.10. The van der Waals surface area contributed by atoms with Crippen molar-refractivity contribution in [3.63, 3.8) is 0 Å². The minimum Gasteiger partial charge on any atom is -0.492 e. The lowest BCUT2D eigenvalue weighted by atomic mass is 10.1. The highest BCUT2D eigenvalue weighted by Crippen LogP contribution is 2.28. The molecule has 0 heterocycles. The third kappa shape index (κ3) is 4.96. The number of halogens is 1. The minimum atomic E-state index is 0.293. The van der Waals surface area contributed by atoms with E-state index in [1.54, 1.807) is 0 Å². The van der Waals surface area contributed by atoms with Gasteiger partial charge in [0, 0.05) is 22.6 Å². The van der Waals surface area contributed by atoms with E-state index in [1.165, 1.54) is 5.56 Å². The lowest BCUT2D eigenvalue weighted by Crippen LogP contribution is -2.21. The van der Waals surface area contributed by atoms with Crippen molar-refractivity contribution in [3.05, 3.63) is 28.2 Å². The van der Waals surface area contributed by atoms with Gasteiger partial charge < -0.3 is 15.0 Å². The molecule has 0 saturated heterocycles. The maximum absolute atomic E-state index is 5.87. The van der Waals surface area contributed by atoms with Gasteiger partial charge in [-0.15, -0.1) is 0 Å². The zero-order valence-electron chi connectivity index (χ0n) is 11.7. The van der Waals surface area contributed by atoms with Gasteiger partial charge in [-0.05, 0) is 45.8 Å². The van der Waals surface area contributed by atoms with Crippen LogP contribution in [0.25, 0.3) is 0 Å². The van der Waals surface area contributed by atoms with Crippen molar-refractivity contribution in [1.82, 2.24) is 10.2 Å². The summed E-state index contributed by atoms with van der Waals surface area (Å²) in [5.74, 6) is 0.966. The summed E-state index contributed by atoms with van der Waals surface area (Å²) >= 11 is 3.52. The first-order chi connectivity index (χ1) is 8.54. The van der Waals surface area contributed by atoms with Gasteiger partial charge in [0.05, 0.1) is 0 Å². The molecule has 0 spiro atoms. The third-order valence-electron chi connectivity index (χ3n) is 2.74. The molecular formula is C14H23BrN2O. The van der Waals surface area contributed by atoms with Crippen molar-refractivity contribution >= 4 is 15.9 Å². The molecule has 0 fully saturated rings. The van der Waals surface area contributed by atoms with Crippen molar-refractivity contribution < 1.29 is 4.74 Å². The lowest BCUT2D eigenvalue weighted by molar-refractivity contribution is 0.258. The summed E-state index contributed by atoms with van der Waals surface area (Å²) in [4.78, 5) is 2.12. The van der Waals surface area contributed by atoms with E-state index in [9.17, 15) is 0 Å². The minimum absolute atomic E-state index is 0.293. The van der Waals surface area contributed by atoms with Crippen molar-refractivity contribution in [1.29, 1.82) is 0 Å². The molecule has 102 valence electrons. The number of nitrogens with zero attached hydrogens (tertiary/aromatic N) is 1. The maximum Gasteiger partial charge on any atom is 0.124 e. The molecule has 1 N–H and O–H groups in total. The van der Waals surface area contributed by atoms with Crippen molar-refractivity contribution in [3.8, 4) is 5.75 Å². The van der Waals surface area contributed by atoms with Crippen LogP contribution in [0.5, 0.6) is 5.75 Å². The predicted molar refractivity (Wildman–Crippen MR) is 80.3 cm³/mol. The molecule has 1 aromatic carbocycles. The van der Waals surface area contributed by atoms with Crippen molar-refractivity contribution in [2.75, 3.05) is 33.8 Å². The summed E-state index contributed by atoms with van der Waals surface area (Å²) in [5.41, 5.74) is 1.20. The van der Waals surface area contributed by atoms with Crippen LogP contribution in [0.3, 0.4) is 0 Å². The Labute approximate surface area is 119 Å². The van der Waals surface area contributed by atoms with Crippen LogP contribution in [0.15, 0.2) is 22.7 Å². The SMILES string of the molecule is CCNC(C)c1cc(Br)ccc1OCCN(C)C. The van der Waals surface area contributed by atoms with E-state index in [-0.39, 0.29) is 0 Å². The zero-order valence-corrected chi connectivity index (χ0v) is 13.3. The van der Waals surface area contributed by atoms with Gasteiger partial charge in [-0.25, -0.2) is 0 Å². The Hall–Kier alpha value is -0.580. The highest BCUT2D eigenvalue weighted by atomic mass is 79.9. The Kier molecular flexibility index (Phi) is 6.68. The Morgan fingerprint density at radius 1 is 1.39 bits per heavy atom. The summed E-state index contributed by atoms with van der Waals surface area (Å²) in [6, 6.07) is 6.47. The molecule has 0 aliphatic heterocycles. The first-order valence-corrected chi connectivity index (χ1v) is 7.14. The fourth-order valence-electron chi connectivity index (χ4n) is 1.74. The van der Waals surface area contributed by atoms with Crippen molar-refractivity contribution in [2.24, 2.45) is 0 Å². The summed E-state index contributed by atoms with van der Waals surface area (Å²) in [5, 5.41) is 3.42. The second-order valence-corrected chi connectivity index (χ2v) is 5.53. The molecule has 0 amide bonds. The molecule has 1 unspecified atom stereocenters. The smallest absolute Gasteiger partial charge is 0.124 e. The number of benzene rings is 1. The van der Waals surface area contributed by atoms with Crippen molar-refractivity contribution in [2.45, 2.75) is 19.9 Å². The number of rotatable bonds is 7. The second-order valence-electron chi connectivity index (χ2n) is 4.61. The van der Waals surface area contributed by atoms with Gasteiger partial charge in [-0.1, -0.05) is 22.9 Å². The number of likely N-dealkylation sites (N-methyl/N-ethyl adjacent to an activating group) is 1. The average Bonchev–Trinajstić information content (AvgIpc) is 2.31. The summed E-state index contributed by atoms with van der Waals surface area (Å²) in [7, 11) is 4.10. The van der Waals surface area contributed by atoms with Crippen LogP contribution >= 0.6 is 15.9 Å². The second kappa shape index (κ2) is 7.77. The zero-order chi connectivity index (χ0) is 13.5. The van der Waals surface area contributed by atoms with Gasteiger partial charge in [0.15, 0.2) is 0 Å². The molecule has 4 heteroatoms. The molecule has 1 rings (SSSR count). The van der Waals surface area contributed by atoms with Gasteiger partial charge in [0.25, 0.3) is 0 Å². The normalized spacial score (nSPS) is 12.8. The fraction of sp³-hybridized carbons (Fsp3) is 0.571. The first-order valence-electron chi connectivity index (χ1n) is 6.35. The fourth-order valence-corrected chi connectivity index (χ4v) is 2.12. The van der Waals surface area contributed by atoms with Crippen LogP contribution < -0.4 is 10.1 Å². The topological polar surface area (TPSA) is 24.5 Å². The van der Waals surface area contributed by atoms with E-state index in [0.717, 1.165) is 23.3 Å². The van der Waals surface area contributed by atoms with Gasteiger partial charge in [0.1, 0.15) is 12.4 Å². The molecule has 0 bridgehead atoms. The summed E-state index contributed by atoms with van der Waals surface area (Å²) < 4.78 is 6.95. The van der Waals surface area contributed by atoms with Crippen LogP contribution in [0.4, 0.5) is 0 Å². The third-order valence-corrected chi connectivity index (χ3v) is 3.24. The van der Waals surface area contributed by atoms with Crippen LogP contribution in [0.2, 0.25) is 0 Å². The van der Waals surface area contributed by atoms with E-state index in [2.05, 4.69) is 46.1 Å². The maximum atomic E-state index is 5.87. The summed E-state index contributed by atoms with van der Waals surface area (Å²) in [6.45, 7) is 6.85. The van der Waals surface area contributed by atoms with Crippen LogP contribution in [0.1, 0.15) is 25.5 Å². The Morgan fingerprint density at radius 2 is 2.11 bits per heavy atom. The highest BCUT2D eigenvalue weighted by Gasteiger charge is 2.11. The molecule has 3 nitrogen and oxygen atoms in total. The van der Waals surface area contributed by atoms with Crippen LogP contribution in [-0.4, -0.2) is 38.7 Å². The molecular weight excluding hydrogens is 292 g/mol. The standard InChI is InChI=1S/C14H23BrN2O/c1-5-16-11(2)13-10-12(15)6-7-14(13)18-9-8-17(3)4/h6-7,10-11,16H,5,8-9H2,1-4H3. The molecule has 0 saturated carbocycles. The average molecular weight is 315 g/mol. The molecule has 18 heavy (non-hydrogen) atoms. The molecule has 0 radical (unpaired) electrons. The van der Waals surface area contributed by atoms with E-state index in [0.29, 0.717) is 12.6 Å². The predicted octanol–water partition coefficient (Wildman–Crippen LogP) is 3.06. The van der Waals surface area contributed by atoms with Crippen LogP contribution in [0, 0.1) is 0 Å². The number of hydrogen-bond acceptors (Lipinski definition) is 3. The Bertz CT molecular complexity index is 369. The van der Waals surface area contributed by atoms with E-state index in [4.69, 9.17) is 4.74 Å². The first kappa shape index (κ1) is 15.5. The quantitative estimate of drug-likeness (QED) is 0.837. The van der Waals surface area contributed by atoms with Gasteiger partial charge >= 0.3 is 0 Å². The van der Waals surface area contributed by atoms with E-state index in [1.807, 2.05) is 26.2 Å². The monoisotopic (exact) mass is 314 g/mol. The largest absolute Gasteiger partial charge is 0.492 e. The lowest BCUT2D eigenvalue weighted by Gasteiger charge is -2.19. The van der Waals surface area contributed by atoms with E-state index < -0.39 is 0 Å². The summed E-state index contributed by atoms with van der Waals surface area (Å²) in [6.07, 6.45) is 0. The van der Waals surface area contributed by atoms with Gasteiger partial charge in [-0.3, -0.25) is 0 Å². The Morgan fingerprint density at radius 3 is 2.72 bits per heavy atom. The number of hydrogen-bond donors (Lipinski definition) is 1. The molecule has 1 atom stereocenters. The van der Waals surface area contributed by atoms with Crippen LogP contribution in [-0.2, 0) is 0 Å². The molecule has 0 aromatic heterocycles. The van der Waals surface area contributed by atoms with Gasteiger partial charge in [0.2, 0.25) is 0 Å². The molecule has 0 aliphatic rings. The molecule has 0 aliphatic carbocycles. The number of ether oxygens (including phenoxy) is 1. The van der Waals surface area contributed by atoms with E-state index >= 15 is 0 Å². The Balaban J connectivity index is 2.76.